The van der Waals surface area contributed by atoms with E-state index in [1.54, 1.807) is 18.3 Å². The van der Waals surface area contributed by atoms with Crippen molar-refractivity contribution >= 4 is 16.0 Å². The number of nitrogens with zero attached hydrogens (tertiary/aromatic N) is 3. The summed E-state index contributed by atoms with van der Waals surface area (Å²) in [4.78, 5) is 6.89. The van der Waals surface area contributed by atoms with E-state index in [4.69, 9.17) is 0 Å². The fraction of sp³-hybridized carbons (Fsp3) is 0.471. The molecule has 130 valence electrons. The smallest absolute Gasteiger partial charge is 0.240 e. The van der Waals surface area contributed by atoms with Gasteiger partial charge >= 0.3 is 0 Å². The maximum Gasteiger partial charge on any atom is 0.240 e. The zero-order valence-electron chi connectivity index (χ0n) is 14.4. The molecule has 24 heavy (non-hydrogen) atoms. The topological polar surface area (TPSA) is 67.2 Å². The van der Waals surface area contributed by atoms with E-state index in [9.17, 15) is 8.42 Å². The number of rotatable bonds is 4. The predicted molar refractivity (Wildman–Crippen MR) is 94.7 cm³/mol. The summed E-state index contributed by atoms with van der Waals surface area (Å²) in [5, 5.41) is 0. The van der Waals surface area contributed by atoms with Crippen molar-refractivity contribution in [3.05, 3.63) is 41.7 Å². The third-order valence-electron chi connectivity index (χ3n) is 4.68. The fourth-order valence-electron chi connectivity index (χ4n) is 3.03. The molecule has 0 atom stereocenters. The van der Waals surface area contributed by atoms with Gasteiger partial charge in [0.1, 0.15) is 0 Å². The highest BCUT2D eigenvalue weighted by atomic mass is 32.2. The van der Waals surface area contributed by atoms with Crippen molar-refractivity contribution in [2.75, 3.05) is 18.0 Å². The van der Waals surface area contributed by atoms with E-state index in [0.717, 1.165) is 43.0 Å². The van der Waals surface area contributed by atoms with E-state index in [1.807, 2.05) is 37.7 Å². The third kappa shape index (κ3) is 3.47. The largest absolute Gasteiger partial charge is 0.342 e. The summed E-state index contributed by atoms with van der Waals surface area (Å²) < 4.78 is 30.0. The number of sulfonamides is 1. The van der Waals surface area contributed by atoms with Crippen molar-refractivity contribution in [3.8, 4) is 0 Å². The standard InChI is InChI=1S/C17H24N4O2S/c1-13-4-5-16(12-14(13)2)24(22,23)19-15-6-9-21(10-7-15)17-18-8-11-20(17)3/h4-5,8,11-12,15,19H,6-7,9-10H2,1-3H3. The molecule has 2 heterocycles. The second-order valence-corrected chi connectivity index (χ2v) is 8.18. The van der Waals surface area contributed by atoms with Crippen molar-refractivity contribution in [2.45, 2.75) is 37.6 Å². The summed E-state index contributed by atoms with van der Waals surface area (Å²) in [5.41, 5.74) is 2.08. The first-order chi connectivity index (χ1) is 11.4. The lowest BCUT2D eigenvalue weighted by Crippen LogP contribution is -2.45. The molecule has 1 aromatic heterocycles. The van der Waals surface area contributed by atoms with Crippen molar-refractivity contribution in [3.63, 3.8) is 0 Å². The third-order valence-corrected chi connectivity index (χ3v) is 6.20. The molecule has 1 fully saturated rings. The molecule has 0 spiro atoms. The van der Waals surface area contributed by atoms with Crippen LogP contribution in [0.15, 0.2) is 35.5 Å². The van der Waals surface area contributed by atoms with Gasteiger partial charge in [-0.3, -0.25) is 0 Å². The summed E-state index contributed by atoms with van der Waals surface area (Å²) in [6.45, 7) is 5.50. The van der Waals surface area contributed by atoms with E-state index >= 15 is 0 Å². The second kappa shape index (κ2) is 6.57. The Labute approximate surface area is 143 Å². The summed E-state index contributed by atoms with van der Waals surface area (Å²) in [7, 11) is -1.50. The number of imidazole rings is 1. The van der Waals surface area contributed by atoms with Gasteiger partial charge in [0, 0.05) is 38.6 Å². The van der Waals surface area contributed by atoms with Gasteiger partial charge in [-0.15, -0.1) is 0 Å². The number of hydrogen-bond acceptors (Lipinski definition) is 4. The maximum atomic E-state index is 12.6. The predicted octanol–water partition coefficient (Wildman–Crippen LogP) is 1.98. The molecule has 0 amide bonds. The van der Waals surface area contributed by atoms with Crippen molar-refractivity contribution < 1.29 is 8.42 Å². The molecule has 0 radical (unpaired) electrons. The first-order valence-electron chi connectivity index (χ1n) is 8.19. The highest BCUT2D eigenvalue weighted by Gasteiger charge is 2.26. The maximum absolute atomic E-state index is 12.6. The second-order valence-electron chi connectivity index (χ2n) is 6.47. The Morgan fingerprint density at radius 3 is 2.46 bits per heavy atom. The number of hydrogen-bond donors (Lipinski definition) is 1. The molecule has 1 aromatic carbocycles. The molecule has 1 aliphatic rings. The average molecular weight is 348 g/mol. The lowest BCUT2D eigenvalue weighted by molar-refractivity contribution is 0.454. The van der Waals surface area contributed by atoms with Gasteiger partial charge in [0.2, 0.25) is 16.0 Å². The highest BCUT2D eigenvalue weighted by molar-refractivity contribution is 7.89. The molecule has 0 unspecified atom stereocenters. The highest BCUT2D eigenvalue weighted by Crippen LogP contribution is 2.20. The Morgan fingerprint density at radius 1 is 1.17 bits per heavy atom. The summed E-state index contributed by atoms with van der Waals surface area (Å²) in [6, 6.07) is 5.23. The van der Waals surface area contributed by atoms with Crippen LogP contribution in [0.25, 0.3) is 0 Å². The average Bonchev–Trinajstić information content (AvgIpc) is 2.96. The van der Waals surface area contributed by atoms with Gasteiger partial charge in [-0.2, -0.15) is 0 Å². The number of aryl methyl sites for hydroxylation is 3. The molecule has 2 aromatic rings. The van der Waals surface area contributed by atoms with E-state index in [1.165, 1.54) is 0 Å². The Bertz CT molecular complexity index is 821. The molecule has 6 nitrogen and oxygen atoms in total. The van der Waals surface area contributed by atoms with Crippen LogP contribution in [-0.4, -0.2) is 37.1 Å². The van der Waals surface area contributed by atoms with Crippen LogP contribution >= 0.6 is 0 Å². The zero-order chi connectivity index (χ0) is 17.3. The van der Waals surface area contributed by atoms with Crippen LogP contribution in [0, 0.1) is 13.8 Å². The molecular weight excluding hydrogens is 324 g/mol. The SMILES string of the molecule is Cc1ccc(S(=O)(=O)NC2CCN(c3nccn3C)CC2)cc1C. The molecule has 1 saturated heterocycles. The van der Waals surface area contributed by atoms with Crippen molar-refractivity contribution in [2.24, 2.45) is 7.05 Å². The lowest BCUT2D eigenvalue weighted by Gasteiger charge is -2.32. The summed E-state index contributed by atoms with van der Waals surface area (Å²) in [6.07, 6.45) is 5.25. The lowest BCUT2D eigenvalue weighted by atomic mass is 10.1. The van der Waals surface area contributed by atoms with E-state index in [2.05, 4.69) is 14.6 Å². The van der Waals surface area contributed by atoms with Crippen LogP contribution in [0.2, 0.25) is 0 Å². The minimum atomic E-state index is -3.47. The molecular formula is C17H24N4O2S. The first-order valence-corrected chi connectivity index (χ1v) is 9.67. The molecule has 1 N–H and O–H groups in total. The fourth-order valence-corrected chi connectivity index (χ4v) is 4.42. The number of piperidine rings is 1. The molecule has 0 bridgehead atoms. The summed E-state index contributed by atoms with van der Waals surface area (Å²) >= 11 is 0. The quantitative estimate of drug-likeness (QED) is 0.917. The van der Waals surface area contributed by atoms with Gasteiger partial charge in [0.25, 0.3) is 0 Å². The minimum absolute atomic E-state index is 0.0341. The molecule has 3 rings (SSSR count). The Balaban J connectivity index is 1.65. The van der Waals surface area contributed by atoms with Gasteiger partial charge in [-0.25, -0.2) is 18.1 Å². The normalized spacial score (nSPS) is 16.5. The van der Waals surface area contributed by atoms with Crippen LogP contribution in [0.1, 0.15) is 24.0 Å². The van der Waals surface area contributed by atoms with Gasteiger partial charge in [0.05, 0.1) is 4.90 Å². The van der Waals surface area contributed by atoms with Crippen LogP contribution in [0.3, 0.4) is 0 Å². The Kier molecular flexibility index (Phi) is 4.64. The Hall–Kier alpha value is -1.86. The number of aromatic nitrogens is 2. The van der Waals surface area contributed by atoms with E-state index < -0.39 is 10.0 Å². The van der Waals surface area contributed by atoms with Gasteiger partial charge in [0.15, 0.2) is 0 Å². The molecule has 0 aliphatic carbocycles. The Morgan fingerprint density at radius 2 is 1.88 bits per heavy atom. The van der Waals surface area contributed by atoms with E-state index in [-0.39, 0.29) is 6.04 Å². The van der Waals surface area contributed by atoms with Gasteiger partial charge in [-0.1, -0.05) is 6.07 Å². The molecule has 7 heteroatoms. The monoisotopic (exact) mass is 348 g/mol. The van der Waals surface area contributed by atoms with Gasteiger partial charge < -0.3 is 9.47 Å². The van der Waals surface area contributed by atoms with Crippen LogP contribution in [0.4, 0.5) is 5.95 Å². The minimum Gasteiger partial charge on any atom is -0.342 e. The van der Waals surface area contributed by atoms with Gasteiger partial charge in [-0.05, 0) is 49.9 Å². The number of nitrogens with one attached hydrogen (secondary N) is 1. The zero-order valence-corrected chi connectivity index (χ0v) is 15.2. The summed E-state index contributed by atoms with van der Waals surface area (Å²) in [5.74, 6) is 0.936. The molecule has 0 saturated carbocycles. The van der Waals surface area contributed by atoms with Crippen molar-refractivity contribution in [1.29, 1.82) is 0 Å². The van der Waals surface area contributed by atoms with Crippen molar-refractivity contribution in [1.82, 2.24) is 14.3 Å². The number of anilines is 1. The first kappa shape index (κ1) is 17.0. The molecule has 1 aliphatic heterocycles. The van der Waals surface area contributed by atoms with E-state index in [0.29, 0.717) is 4.90 Å². The van der Waals surface area contributed by atoms with Crippen LogP contribution < -0.4 is 9.62 Å². The van der Waals surface area contributed by atoms with Crippen LogP contribution in [-0.2, 0) is 17.1 Å². The van der Waals surface area contributed by atoms with Crippen LogP contribution in [0.5, 0.6) is 0 Å². The number of benzene rings is 1.